The Morgan fingerprint density at radius 1 is 1.17 bits per heavy atom. The molecule has 1 fully saturated rings. The molecular formula is C17H21BrN4O2. The maximum Gasteiger partial charge on any atom is 0.222 e. The van der Waals surface area contributed by atoms with Crippen molar-refractivity contribution in [1.29, 1.82) is 0 Å². The molecule has 1 aliphatic rings. The Hall–Kier alpha value is -1.86. The second kappa shape index (κ2) is 7.81. The van der Waals surface area contributed by atoms with Crippen molar-refractivity contribution in [3.8, 4) is 11.5 Å². The number of nitrogens with zero attached hydrogens (tertiary/aromatic N) is 3. The van der Waals surface area contributed by atoms with Crippen LogP contribution in [-0.2, 0) is 6.54 Å². The molecule has 2 heterocycles. The normalized spacial score (nSPS) is 17.7. The van der Waals surface area contributed by atoms with Gasteiger partial charge in [0.25, 0.3) is 0 Å². The fourth-order valence-electron chi connectivity index (χ4n) is 2.88. The molecule has 1 saturated heterocycles. The molecule has 7 heteroatoms. The molecule has 1 atom stereocenters. The summed E-state index contributed by atoms with van der Waals surface area (Å²) in [5, 5.41) is 3.39. The van der Waals surface area contributed by atoms with Crippen LogP contribution in [0.2, 0.25) is 0 Å². The molecule has 1 unspecified atom stereocenters. The Kier molecular flexibility index (Phi) is 5.52. The lowest BCUT2D eigenvalue weighted by atomic mass is 10.2. The van der Waals surface area contributed by atoms with E-state index in [1.54, 1.807) is 26.6 Å². The highest BCUT2D eigenvalue weighted by atomic mass is 79.9. The summed E-state index contributed by atoms with van der Waals surface area (Å²) in [4.78, 5) is 11.0. The van der Waals surface area contributed by atoms with Crippen molar-refractivity contribution in [2.24, 2.45) is 0 Å². The van der Waals surface area contributed by atoms with Crippen LogP contribution in [0.1, 0.15) is 12.0 Å². The highest BCUT2D eigenvalue weighted by molar-refractivity contribution is 9.10. The van der Waals surface area contributed by atoms with E-state index in [9.17, 15) is 0 Å². The monoisotopic (exact) mass is 392 g/mol. The van der Waals surface area contributed by atoms with Crippen molar-refractivity contribution in [3.05, 3.63) is 40.6 Å². The van der Waals surface area contributed by atoms with Crippen molar-refractivity contribution < 1.29 is 9.47 Å². The van der Waals surface area contributed by atoms with E-state index >= 15 is 0 Å². The molecule has 0 radical (unpaired) electrons. The molecule has 1 aromatic heterocycles. The van der Waals surface area contributed by atoms with E-state index in [0.717, 1.165) is 42.0 Å². The summed E-state index contributed by atoms with van der Waals surface area (Å²) in [6.45, 7) is 2.86. The standard InChI is InChI=1S/C17H21BrN4O2/c1-23-15-5-12(6-16(7-15)24-2)10-22-4-3-14(11-22)21-17-19-8-13(18)9-20-17/h5-9,14H,3-4,10-11H2,1-2H3,(H,19,20,21). The number of hydrogen-bond donors (Lipinski definition) is 1. The quantitative estimate of drug-likeness (QED) is 0.815. The predicted octanol–water partition coefficient (Wildman–Crippen LogP) is 2.94. The summed E-state index contributed by atoms with van der Waals surface area (Å²) in [6.07, 6.45) is 4.58. The van der Waals surface area contributed by atoms with Gasteiger partial charge < -0.3 is 14.8 Å². The molecule has 0 bridgehead atoms. The first-order valence-electron chi connectivity index (χ1n) is 7.84. The molecule has 1 aromatic carbocycles. The third-order valence-corrected chi connectivity index (χ3v) is 4.45. The zero-order valence-electron chi connectivity index (χ0n) is 13.8. The van der Waals surface area contributed by atoms with Gasteiger partial charge in [-0.25, -0.2) is 9.97 Å². The minimum absolute atomic E-state index is 0.360. The first-order valence-corrected chi connectivity index (χ1v) is 8.64. The smallest absolute Gasteiger partial charge is 0.222 e. The number of hydrogen-bond acceptors (Lipinski definition) is 6. The van der Waals surface area contributed by atoms with Crippen LogP contribution >= 0.6 is 15.9 Å². The van der Waals surface area contributed by atoms with Gasteiger partial charge in [0.05, 0.1) is 18.7 Å². The highest BCUT2D eigenvalue weighted by Crippen LogP contribution is 2.25. The van der Waals surface area contributed by atoms with E-state index in [-0.39, 0.29) is 0 Å². The molecule has 0 spiro atoms. The number of nitrogens with one attached hydrogen (secondary N) is 1. The second-order valence-electron chi connectivity index (χ2n) is 5.81. The van der Waals surface area contributed by atoms with Gasteiger partial charge in [-0.2, -0.15) is 0 Å². The second-order valence-corrected chi connectivity index (χ2v) is 6.73. The minimum Gasteiger partial charge on any atom is -0.497 e. The van der Waals surface area contributed by atoms with E-state index in [1.807, 2.05) is 6.07 Å². The molecule has 0 saturated carbocycles. The van der Waals surface area contributed by atoms with Crippen LogP contribution in [0.15, 0.2) is 35.1 Å². The first kappa shape index (κ1) is 17.0. The van der Waals surface area contributed by atoms with E-state index < -0.39 is 0 Å². The average molecular weight is 393 g/mol. The summed E-state index contributed by atoms with van der Waals surface area (Å²) in [5.74, 6) is 2.32. The van der Waals surface area contributed by atoms with Gasteiger partial charge in [-0.3, -0.25) is 4.90 Å². The van der Waals surface area contributed by atoms with E-state index in [2.05, 4.69) is 48.2 Å². The largest absolute Gasteiger partial charge is 0.497 e. The molecule has 0 amide bonds. The molecule has 1 N–H and O–H groups in total. The van der Waals surface area contributed by atoms with Gasteiger partial charge in [0.1, 0.15) is 11.5 Å². The number of anilines is 1. The van der Waals surface area contributed by atoms with Crippen molar-refractivity contribution in [2.75, 3.05) is 32.6 Å². The zero-order chi connectivity index (χ0) is 16.9. The number of halogens is 1. The number of aromatic nitrogens is 2. The lowest BCUT2D eigenvalue weighted by Crippen LogP contribution is -2.26. The Balaban J connectivity index is 1.59. The maximum atomic E-state index is 5.34. The molecule has 1 aliphatic heterocycles. The number of ether oxygens (including phenoxy) is 2. The van der Waals surface area contributed by atoms with E-state index in [1.165, 1.54) is 5.56 Å². The molecule has 6 nitrogen and oxygen atoms in total. The fourth-order valence-corrected chi connectivity index (χ4v) is 3.08. The maximum absolute atomic E-state index is 5.34. The van der Waals surface area contributed by atoms with Gasteiger partial charge in [-0.15, -0.1) is 0 Å². The van der Waals surface area contributed by atoms with Gasteiger partial charge in [-0.05, 0) is 40.0 Å². The first-order chi connectivity index (χ1) is 11.7. The summed E-state index contributed by atoms with van der Waals surface area (Å²) in [6, 6.07) is 6.36. The topological polar surface area (TPSA) is 59.5 Å². The van der Waals surface area contributed by atoms with Crippen molar-refractivity contribution >= 4 is 21.9 Å². The van der Waals surface area contributed by atoms with Gasteiger partial charge in [0.2, 0.25) is 5.95 Å². The number of likely N-dealkylation sites (tertiary alicyclic amines) is 1. The fraction of sp³-hybridized carbons (Fsp3) is 0.412. The van der Waals surface area contributed by atoms with Gasteiger partial charge in [0.15, 0.2) is 0 Å². The molecule has 2 aromatic rings. The van der Waals surface area contributed by atoms with E-state index in [0.29, 0.717) is 12.0 Å². The Morgan fingerprint density at radius 3 is 2.46 bits per heavy atom. The van der Waals surface area contributed by atoms with Crippen LogP contribution in [0.25, 0.3) is 0 Å². The third-order valence-electron chi connectivity index (χ3n) is 4.04. The van der Waals surface area contributed by atoms with Crippen molar-refractivity contribution in [3.63, 3.8) is 0 Å². The highest BCUT2D eigenvalue weighted by Gasteiger charge is 2.23. The Bertz CT molecular complexity index is 659. The molecule has 3 rings (SSSR count). The number of rotatable bonds is 6. The van der Waals surface area contributed by atoms with Crippen LogP contribution in [0.4, 0.5) is 5.95 Å². The minimum atomic E-state index is 0.360. The molecule has 24 heavy (non-hydrogen) atoms. The zero-order valence-corrected chi connectivity index (χ0v) is 15.4. The SMILES string of the molecule is COc1cc(CN2CCC(Nc3ncc(Br)cn3)C2)cc(OC)c1. The lowest BCUT2D eigenvalue weighted by Gasteiger charge is -2.17. The van der Waals surface area contributed by atoms with Gasteiger partial charge in [0, 0.05) is 44.1 Å². The van der Waals surface area contributed by atoms with Crippen LogP contribution < -0.4 is 14.8 Å². The number of benzene rings is 1. The van der Waals surface area contributed by atoms with Crippen LogP contribution in [-0.4, -0.2) is 48.2 Å². The van der Waals surface area contributed by atoms with E-state index in [4.69, 9.17) is 9.47 Å². The molecule has 0 aliphatic carbocycles. The predicted molar refractivity (Wildman–Crippen MR) is 96.6 cm³/mol. The number of methoxy groups -OCH3 is 2. The molecule has 128 valence electrons. The summed E-state index contributed by atoms with van der Waals surface area (Å²) >= 11 is 3.35. The summed E-state index contributed by atoms with van der Waals surface area (Å²) in [5.41, 5.74) is 1.19. The van der Waals surface area contributed by atoms with Crippen LogP contribution in [0.3, 0.4) is 0 Å². The summed E-state index contributed by atoms with van der Waals surface area (Å²) in [7, 11) is 3.35. The lowest BCUT2D eigenvalue weighted by molar-refractivity contribution is 0.326. The third kappa shape index (κ3) is 4.36. The Morgan fingerprint density at radius 2 is 1.83 bits per heavy atom. The Labute approximate surface area is 150 Å². The van der Waals surface area contributed by atoms with Crippen LogP contribution in [0, 0.1) is 0 Å². The average Bonchev–Trinajstić information content (AvgIpc) is 3.03. The van der Waals surface area contributed by atoms with Gasteiger partial charge >= 0.3 is 0 Å². The molecular weight excluding hydrogens is 372 g/mol. The van der Waals surface area contributed by atoms with Crippen molar-refractivity contribution in [1.82, 2.24) is 14.9 Å². The van der Waals surface area contributed by atoms with Crippen molar-refractivity contribution in [2.45, 2.75) is 19.0 Å². The van der Waals surface area contributed by atoms with Crippen LogP contribution in [0.5, 0.6) is 11.5 Å². The summed E-state index contributed by atoms with van der Waals surface area (Å²) < 4.78 is 11.6. The van der Waals surface area contributed by atoms with Gasteiger partial charge in [-0.1, -0.05) is 0 Å².